The Hall–Kier alpha value is -2.37. The number of nitrogens with one attached hydrogen (secondary N) is 1. The van der Waals surface area contributed by atoms with Gasteiger partial charge >= 0.3 is 0 Å². The molecule has 0 saturated carbocycles. The number of nitrogens with zero attached hydrogens (tertiary/aromatic N) is 2. The molecule has 0 bridgehead atoms. The topological polar surface area (TPSA) is 68.0 Å². The van der Waals surface area contributed by atoms with Crippen molar-refractivity contribution < 1.29 is 9.32 Å². The Morgan fingerprint density at radius 3 is 2.41 bits per heavy atom. The Kier molecular flexibility index (Phi) is 5.53. The highest BCUT2D eigenvalue weighted by Gasteiger charge is 2.22. The summed E-state index contributed by atoms with van der Waals surface area (Å²) in [7, 11) is 0. The van der Waals surface area contributed by atoms with Crippen molar-refractivity contribution in [2.45, 2.75) is 26.2 Å². The highest BCUT2D eigenvalue weighted by atomic mass is 35.5. The van der Waals surface area contributed by atoms with Crippen LogP contribution in [0.5, 0.6) is 0 Å². The van der Waals surface area contributed by atoms with E-state index in [2.05, 4.69) is 15.5 Å². The van der Waals surface area contributed by atoms with Crippen LogP contribution >= 0.6 is 23.2 Å². The summed E-state index contributed by atoms with van der Waals surface area (Å²) in [5, 5.41) is 7.74. The van der Waals surface area contributed by atoms with Crippen LogP contribution in [0.25, 0.3) is 11.5 Å². The van der Waals surface area contributed by atoms with E-state index in [1.54, 1.807) is 37.3 Å². The largest absolute Gasteiger partial charge is 0.351 e. The van der Waals surface area contributed by atoms with Gasteiger partial charge in [-0.05, 0) is 48.9 Å². The number of carbonyl (C=O) groups excluding carboxylic acids is 1. The van der Waals surface area contributed by atoms with Gasteiger partial charge in [0.05, 0.1) is 10.0 Å². The van der Waals surface area contributed by atoms with E-state index < -0.39 is 0 Å². The Balaban J connectivity index is 1.67. The number of carbonyl (C=O) groups is 1. The zero-order valence-electron chi connectivity index (χ0n) is 15.2. The van der Waals surface area contributed by atoms with Gasteiger partial charge in [-0.2, -0.15) is 4.98 Å². The number of hydrogen-bond donors (Lipinski definition) is 1. The predicted molar refractivity (Wildman–Crippen MR) is 106 cm³/mol. The summed E-state index contributed by atoms with van der Waals surface area (Å²) in [5.74, 6) is 0.841. The van der Waals surface area contributed by atoms with Crippen LogP contribution in [0, 0.1) is 6.92 Å². The molecular formula is C20H19Cl2N3O2. The Morgan fingerprint density at radius 2 is 1.81 bits per heavy atom. The van der Waals surface area contributed by atoms with Crippen LogP contribution in [-0.4, -0.2) is 22.6 Å². The average molecular weight is 404 g/mol. The number of halogens is 2. The number of benzene rings is 2. The van der Waals surface area contributed by atoms with Crippen molar-refractivity contribution in [3.8, 4) is 11.5 Å². The predicted octanol–water partition coefficient (Wildman–Crippen LogP) is 5.06. The maximum absolute atomic E-state index is 12.5. The second kappa shape index (κ2) is 7.71. The van der Waals surface area contributed by atoms with Crippen molar-refractivity contribution in [2.75, 3.05) is 6.54 Å². The van der Waals surface area contributed by atoms with E-state index >= 15 is 0 Å². The van der Waals surface area contributed by atoms with E-state index in [0.717, 1.165) is 11.1 Å². The summed E-state index contributed by atoms with van der Waals surface area (Å²) in [5.41, 5.74) is 2.02. The summed E-state index contributed by atoms with van der Waals surface area (Å²) in [4.78, 5) is 16.7. The third-order valence-corrected chi connectivity index (χ3v) is 5.05. The van der Waals surface area contributed by atoms with Gasteiger partial charge in [0.2, 0.25) is 0 Å². The zero-order chi connectivity index (χ0) is 19.6. The minimum atomic E-state index is -0.300. The smallest absolute Gasteiger partial charge is 0.257 e. The van der Waals surface area contributed by atoms with Crippen molar-refractivity contribution in [3.05, 3.63) is 69.5 Å². The van der Waals surface area contributed by atoms with Gasteiger partial charge in [-0.3, -0.25) is 4.79 Å². The molecule has 0 unspecified atom stereocenters. The average Bonchev–Trinajstić information content (AvgIpc) is 3.08. The standard InChI is InChI=1S/C20H19Cl2N3O2/c1-12-24-19(27-25-12)14-6-4-13(5-7-14)18(26)23-11-20(2,3)15-8-9-16(21)17(22)10-15/h4-10H,11H2,1-3H3,(H,23,26). The lowest BCUT2D eigenvalue weighted by molar-refractivity contribution is 0.0945. The lowest BCUT2D eigenvalue weighted by Gasteiger charge is -2.26. The highest BCUT2D eigenvalue weighted by molar-refractivity contribution is 6.42. The van der Waals surface area contributed by atoms with Gasteiger partial charge in [-0.15, -0.1) is 0 Å². The van der Waals surface area contributed by atoms with Crippen molar-refractivity contribution >= 4 is 29.1 Å². The van der Waals surface area contributed by atoms with Gasteiger partial charge in [-0.1, -0.05) is 48.3 Å². The van der Waals surface area contributed by atoms with Gasteiger partial charge in [0.25, 0.3) is 11.8 Å². The second-order valence-electron chi connectivity index (χ2n) is 6.92. The first-order chi connectivity index (χ1) is 12.8. The molecule has 0 aliphatic heterocycles. The lowest BCUT2D eigenvalue weighted by atomic mass is 9.84. The van der Waals surface area contributed by atoms with Gasteiger partial charge in [0.1, 0.15) is 0 Å². The molecule has 1 aromatic heterocycles. The van der Waals surface area contributed by atoms with Crippen molar-refractivity contribution in [3.63, 3.8) is 0 Å². The monoisotopic (exact) mass is 403 g/mol. The fourth-order valence-electron chi connectivity index (χ4n) is 2.60. The number of amides is 1. The fourth-order valence-corrected chi connectivity index (χ4v) is 2.90. The SMILES string of the molecule is Cc1noc(-c2ccc(C(=O)NCC(C)(C)c3ccc(Cl)c(Cl)c3)cc2)n1. The normalized spacial score (nSPS) is 11.4. The summed E-state index contributed by atoms with van der Waals surface area (Å²) in [6.07, 6.45) is 0. The Bertz CT molecular complexity index is 966. The van der Waals surface area contributed by atoms with Crippen LogP contribution in [0.2, 0.25) is 10.0 Å². The number of rotatable bonds is 5. The van der Waals surface area contributed by atoms with Crippen LogP contribution in [0.1, 0.15) is 35.6 Å². The van der Waals surface area contributed by atoms with Crippen molar-refractivity contribution in [2.24, 2.45) is 0 Å². The summed E-state index contributed by atoms with van der Waals surface area (Å²) in [6.45, 7) is 6.28. The van der Waals surface area contributed by atoms with Gasteiger partial charge in [0.15, 0.2) is 5.82 Å². The molecule has 0 atom stereocenters. The van der Waals surface area contributed by atoms with E-state index in [4.69, 9.17) is 27.7 Å². The third-order valence-electron chi connectivity index (χ3n) is 4.31. The molecule has 27 heavy (non-hydrogen) atoms. The third kappa shape index (κ3) is 4.49. The minimum absolute atomic E-state index is 0.156. The van der Waals surface area contributed by atoms with Crippen molar-refractivity contribution in [1.29, 1.82) is 0 Å². The molecule has 1 amide bonds. The van der Waals surface area contributed by atoms with Gasteiger partial charge in [-0.25, -0.2) is 0 Å². The summed E-state index contributed by atoms with van der Waals surface area (Å²) < 4.78 is 5.13. The van der Waals surface area contributed by atoms with E-state index in [9.17, 15) is 4.79 Å². The highest BCUT2D eigenvalue weighted by Crippen LogP contribution is 2.29. The summed E-state index contributed by atoms with van der Waals surface area (Å²) >= 11 is 12.1. The van der Waals surface area contributed by atoms with Crippen LogP contribution in [-0.2, 0) is 5.41 Å². The van der Waals surface area contributed by atoms with E-state index in [1.165, 1.54) is 0 Å². The quantitative estimate of drug-likeness (QED) is 0.646. The zero-order valence-corrected chi connectivity index (χ0v) is 16.7. The molecule has 3 aromatic rings. The Morgan fingerprint density at radius 1 is 1.11 bits per heavy atom. The molecule has 1 N–H and O–H groups in total. The number of hydrogen-bond acceptors (Lipinski definition) is 4. The fraction of sp³-hybridized carbons (Fsp3) is 0.250. The first-order valence-corrected chi connectivity index (χ1v) is 9.16. The maximum Gasteiger partial charge on any atom is 0.257 e. The van der Waals surface area contributed by atoms with Gasteiger partial charge in [0, 0.05) is 23.1 Å². The van der Waals surface area contributed by atoms with Crippen LogP contribution in [0.15, 0.2) is 47.0 Å². The first kappa shape index (κ1) is 19.4. The van der Waals surface area contributed by atoms with Gasteiger partial charge < -0.3 is 9.84 Å². The van der Waals surface area contributed by atoms with Crippen LogP contribution < -0.4 is 5.32 Å². The molecule has 140 valence electrons. The molecule has 1 heterocycles. The minimum Gasteiger partial charge on any atom is -0.351 e. The number of aromatic nitrogens is 2. The number of aryl methyl sites for hydroxylation is 1. The molecule has 0 aliphatic rings. The molecule has 0 radical (unpaired) electrons. The molecule has 7 heteroatoms. The Labute approximate surface area is 167 Å². The summed E-state index contributed by atoms with van der Waals surface area (Å²) in [6, 6.07) is 12.5. The molecule has 0 saturated heterocycles. The maximum atomic E-state index is 12.5. The molecular weight excluding hydrogens is 385 g/mol. The molecule has 2 aromatic carbocycles. The first-order valence-electron chi connectivity index (χ1n) is 8.41. The van der Waals surface area contributed by atoms with E-state index in [1.807, 2.05) is 26.0 Å². The lowest BCUT2D eigenvalue weighted by Crippen LogP contribution is -2.36. The van der Waals surface area contributed by atoms with Crippen LogP contribution in [0.4, 0.5) is 0 Å². The second-order valence-corrected chi connectivity index (χ2v) is 7.73. The molecule has 3 rings (SSSR count). The molecule has 0 spiro atoms. The molecule has 0 aliphatic carbocycles. The molecule has 5 nitrogen and oxygen atoms in total. The van der Waals surface area contributed by atoms with Crippen molar-refractivity contribution in [1.82, 2.24) is 15.5 Å². The van der Waals surface area contributed by atoms with E-state index in [0.29, 0.717) is 33.9 Å². The molecule has 0 fully saturated rings. The van der Waals surface area contributed by atoms with Crippen LogP contribution in [0.3, 0.4) is 0 Å². The van der Waals surface area contributed by atoms with E-state index in [-0.39, 0.29) is 11.3 Å².